The van der Waals surface area contributed by atoms with Crippen LogP contribution in [0.15, 0.2) is 18.2 Å². The summed E-state index contributed by atoms with van der Waals surface area (Å²) in [5.41, 5.74) is 6.31. The van der Waals surface area contributed by atoms with Gasteiger partial charge < -0.3 is 10.5 Å². The van der Waals surface area contributed by atoms with E-state index in [1.165, 1.54) is 6.92 Å². The van der Waals surface area contributed by atoms with Gasteiger partial charge in [-0.1, -0.05) is 6.07 Å². The second-order valence-electron chi connectivity index (χ2n) is 5.04. The van der Waals surface area contributed by atoms with Crippen molar-refractivity contribution in [2.75, 3.05) is 5.73 Å². The van der Waals surface area contributed by atoms with E-state index in [9.17, 15) is 4.79 Å². The number of nitrogens with two attached hydrogens (primary N) is 1. The lowest BCUT2D eigenvalue weighted by molar-refractivity contribution is -0.147. The molecule has 0 radical (unpaired) electrons. The first-order chi connectivity index (χ1) is 10.1. The summed E-state index contributed by atoms with van der Waals surface area (Å²) in [4.78, 5) is 15.4. The van der Waals surface area contributed by atoms with Crippen molar-refractivity contribution in [1.82, 2.24) is 25.2 Å². The SMILES string of the molecule is CC(=O)O[C@H]1CCC[C@H]1n1nnnc1-c1cccc(N)n1. The lowest BCUT2D eigenvalue weighted by Crippen LogP contribution is -2.25. The number of carbonyl (C=O) groups excluding carboxylic acids is 1. The fourth-order valence-corrected chi connectivity index (χ4v) is 2.70. The van der Waals surface area contributed by atoms with Gasteiger partial charge in [-0.2, -0.15) is 0 Å². The van der Waals surface area contributed by atoms with E-state index in [2.05, 4.69) is 20.5 Å². The molecule has 0 amide bonds. The van der Waals surface area contributed by atoms with E-state index in [4.69, 9.17) is 10.5 Å². The van der Waals surface area contributed by atoms with E-state index in [0.29, 0.717) is 17.3 Å². The Morgan fingerprint density at radius 3 is 3.05 bits per heavy atom. The fraction of sp³-hybridized carbons (Fsp3) is 0.462. The summed E-state index contributed by atoms with van der Waals surface area (Å²) < 4.78 is 7.04. The number of esters is 1. The average molecular weight is 288 g/mol. The molecule has 0 spiro atoms. The highest BCUT2D eigenvalue weighted by molar-refractivity contribution is 5.66. The van der Waals surface area contributed by atoms with Gasteiger partial charge in [0.15, 0.2) is 0 Å². The third-order valence-corrected chi connectivity index (χ3v) is 3.54. The van der Waals surface area contributed by atoms with Crippen molar-refractivity contribution in [1.29, 1.82) is 0 Å². The number of nitrogens with zero attached hydrogens (tertiary/aromatic N) is 5. The first-order valence-electron chi connectivity index (χ1n) is 6.83. The summed E-state index contributed by atoms with van der Waals surface area (Å²) in [7, 11) is 0. The number of ether oxygens (including phenoxy) is 1. The summed E-state index contributed by atoms with van der Waals surface area (Å²) in [6.07, 6.45) is 2.43. The van der Waals surface area contributed by atoms with Crippen LogP contribution in [0.4, 0.5) is 5.82 Å². The molecule has 8 heteroatoms. The number of rotatable bonds is 3. The zero-order chi connectivity index (χ0) is 14.8. The van der Waals surface area contributed by atoms with E-state index >= 15 is 0 Å². The van der Waals surface area contributed by atoms with Crippen molar-refractivity contribution >= 4 is 11.8 Å². The standard InChI is InChI=1S/C13H16N6O2/c1-8(20)21-11-6-3-5-10(11)19-13(16-17-18-19)9-4-2-7-12(14)15-9/h2,4,7,10-11H,3,5-6H2,1H3,(H2,14,15)/t10-,11+/m1/s1. The molecule has 1 fully saturated rings. The van der Waals surface area contributed by atoms with E-state index < -0.39 is 0 Å². The van der Waals surface area contributed by atoms with Gasteiger partial charge in [-0.25, -0.2) is 9.67 Å². The molecule has 2 heterocycles. The van der Waals surface area contributed by atoms with Crippen LogP contribution < -0.4 is 5.73 Å². The highest BCUT2D eigenvalue weighted by atomic mass is 16.5. The Balaban J connectivity index is 1.93. The Bertz CT molecular complexity index is 656. The van der Waals surface area contributed by atoms with E-state index in [1.807, 2.05) is 0 Å². The zero-order valence-electron chi connectivity index (χ0n) is 11.6. The van der Waals surface area contributed by atoms with Gasteiger partial charge in [-0.15, -0.1) is 5.10 Å². The van der Waals surface area contributed by atoms with Crippen molar-refractivity contribution in [2.45, 2.75) is 38.3 Å². The van der Waals surface area contributed by atoms with Crippen LogP contribution >= 0.6 is 0 Å². The number of tetrazole rings is 1. The van der Waals surface area contributed by atoms with Crippen LogP contribution in [0, 0.1) is 0 Å². The second kappa shape index (κ2) is 5.47. The third kappa shape index (κ3) is 2.69. The molecule has 3 rings (SSSR count). The first kappa shape index (κ1) is 13.5. The highest BCUT2D eigenvalue weighted by Gasteiger charge is 2.34. The predicted molar refractivity (Wildman–Crippen MR) is 73.9 cm³/mol. The Kier molecular flexibility index (Phi) is 3.51. The normalized spacial score (nSPS) is 21.4. The minimum Gasteiger partial charge on any atom is -0.460 e. The third-order valence-electron chi connectivity index (χ3n) is 3.54. The van der Waals surface area contributed by atoms with Gasteiger partial charge >= 0.3 is 5.97 Å². The second-order valence-corrected chi connectivity index (χ2v) is 5.04. The molecule has 0 unspecified atom stereocenters. The minimum absolute atomic E-state index is 0.0675. The molecular formula is C13H16N6O2. The lowest BCUT2D eigenvalue weighted by Gasteiger charge is -2.20. The number of pyridine rings is 1. The molecule has 2 aromatic rings. The van der Waals surface area contributed by atoms with Gasteiger partial charge in [0.2, 0.25) is 5.82 Å². The molecule has 0 saturated heterocycles. The van der Waals surface area contributed by atoms with Crippen LogP contribution in [0.3, 0.4) is 0 Å². The minimum atomic E-state index is -0.288. The maximum atomic E-state index is 11.2. The van der Waals surface area contributed by atoms with Crippen LogP contribution in [0.1, 0.15) is 32.2 Å². The summed E-state index contributed by atoms with van der Waals surface area (Å²) >= 11 is 0. The van der Waals surface area contributed by atoms with Crippen molar-refractivity contribution < 1.29 is 9.53 Å². The Morgan fingerprint density at radius 2 is 2.29 bits per heavy atom. The quantitative estimate of drug-likeness (QED) is 0.838. The summed E-state index contributed by atoms with van der Waals surface area (Å²) in [6.45, 7) is 1.41. The molecule has 0 aliphatic heterocycles. The van der Waals surface area contributed by atoms with Crippen LogP contribution in [-0.4, -0.2) is 37.3 Å². The number of hydrogen-bond acceptors (Lipinski definition) is 7. The first-order valence-corrected chi connectivity index (χ1v) is 6.83. The number of nitrogen functional groups attached to an aromatic ring is 1. The molecule has 0 bridgehead atoms. The predicted octanol–water partition coefficient (Wildman–Crippen LogP) is 0.974. The molecular weight excluding hydrogens is 272 g/mol. The van der Waals surface area contributed by atoms with Crippen LogP contribution in [-0.2, 0) is 9.53 Å². The fourth-order valence-electron chi connectivity index (χ4n) is 2.70. The number of carbonyl (C=O) groups is 1. The number of anilines is 1. The molecule has 1 aliphatic carbocycles. The van der Waals surface area contributed by atoms with E-state index in [1.54, 1.807) is 22.9 Å². The molecule has 110 valence electrons. The van der Waals surface area contributed by atoms with Crippen molar-refractivity contribution in [3.63, 3.8) is 0 Å². The van der Waals surface area contributed by atoms with Crippen molar-refractivity contribution in [3.05, 3.63) is 18.2 Å². The topological polar surface area (TPSA) is 109 Å². The van der Waals surface area contributed by atoms with Gasteiger partial charge in [0.1, 0.15) is 17.6 Å². The molecule has 2 N–H and O–H groups in total. The molecule has 2 aromatic heterocycles. The van der Waals surface area contributed by atoms with Crippen LogP contribution in [0.2, 0.25) is 0 Å². The van der Waals surface area contributed by atoms with Gasteiger partial charge in [0.25, 0.3) is 0 Å². The number of aromatic nitrogens is 5. The lowest BCUT2D eigenvalue weighted by atomic mass is 10.2. The summed E-state index contributed by atoms with van der Waals surface area (Å²) in [6, 6.07) is 5.24. The Labute approximate surface area is 121 Å². The number of hydrogen-bond donors (Lipinski definition) is 1. The van der Waals surface area contributed by atoms with Crippen molar-refractivity contribution in [2.24, 2.45) is 0 Å². The largest absolute Gasteiger partial charge is 0.460 e. The summed E-state index contributed by atoms with van der Waals surface area (Å²) in [5.74, 6) is 0.653. The molecule has 0 aromatic carbocycles. The van der Waals surface area contributed by atoms with E-state index in [0.717, 1.165) is 19.3 Å². The Morgan fingerprint density at radius 1 is 1.43 bits per heavy atom. The van der Waals surface area contributed by atoms with Gasteiger partial charge in [-0.3, -0.25) is 4.79 Å². The molecule has 1 aliphatic rings. The van der Waals surface area contributed by atoms with Crippen LogP contribution in [0.25, 0.3) is 11.5 Å². The van der Waals surface area contributed by atoms with Gasteiger partial charge in [0, 0.05) is 6.92 Å². The maximum absolute atomic E-state index is 11.2. The van der Waals surface area contributed by atoms with Gasteiger partial charge in [0.05, 0.1) is 6.04 Å². The molecule has 8 nitrogen and oxygen atoms in total. The highest BCUT2D eigenvalue weighted by Crippen LogP contribution is 2.34. The average Bonchev–Trinajstić information content (AvgIpc) is 3.06. The van der Waals surface area contributed by atoms with Crippen LogP contribution in [0.5, 0.6) is 0 Å². The molecule has 2 atom stereocenters. The van der Waals surface area contributed by atoms with Gasteiger partial charge in [-0.05, 0) is 41.8 Å². The zero-order valence-corrected chi connectivity index (χ0v) is 11.6. The molecule has 21 heavy (non-hydrogen) atoms. The maximum Gasteiger partial charge on any atom is 0.302 e. The Hall–Kier alpha value is -2.51. The summed E-state index contributed by atoms with van der Waals surface area (Å²) in [5, 5.41) is 11.8. The monoisotopic (exact) mass is 288 g/mol. The van der Waals surface area contributed by atoms with Crippen molar-refractivity contribution in [3.8, 4) is 11.5 Å². The molecule has 1 saturated carbocycles. The smallest absolute Gasteiger partial charge is 0.302 e. The van der Waals surface area contributed by atoms with E-state index in [-0.39, 0.29) is 18.1 Å².